The van der Waals surface area contributed by atoms with Crippen molar-refractivity contribution >= 4 is 11.6 Å². The molecular weight excluding hydrogens is 282 g/mol. The average molecular weight is 307 g/mol. The van der Waals surface area contributed by atoms with Gasteiger partial charge in [-0.25, -0.2) is 0 Å². The number of hydrogen-bond donors (Lipinski definition) is 2. The van der Waals surface area contributed by atoms with Crippen molar-refractivity contribution in [2.75, 3.05) is 25.6 Å². The molecule has 0 aromatic heterocycles. The van der Waals surface area contributed by atoms with Gasteiger partial charge in [0.1, 0.15) is 5.75 Å². The number of nitrogens with one attached hydrogen (secondary N) is 1. The van der Waals surface area contributed by atoms with Crippen LogP contribution in [0.3, 0.4) is 0 Å². The predicted octanol–water partition coefficient (Wildman–Crippen LogP) is 2.72. The zero-order valence-corrected chi connectivity index (χ0v) is 13.1. The van der Waals surface area contributed by atoms with Crippen LogP contribution < -0.4 is 10.1 Å². The molecule has 1 saturated heterocycles. The first-order valence-corrected chi connectivity index (χ1v) is 7.88. The number of anilines is 1. The van der Waals surface area contributed by atoms with Crippen LogP contribution in [0.25, 0.3) is 0 Å². The van der Waals surface area contributed by atoms with E-state index in [0.717, 1.165) is 38.9 Å². The minimum atomic E-state index is -0.114. The summed E-state index contributed by atoms with van der Waals surface area (Å²) in [4.78, 5) is 12.0. The molecule has 5 heteroatoms. The fourth-order valence-corrected chi connectivity index (χ4v) is 2.79. The van der Waals surface area contributed by atoms with E-state index in [1.165, 1.54) is 0 Å². The van der Waals surface area contributed by atoms with E-state index in [1.807, 2.05) is 0 Å². The Hall–Kier alpha value is -1.59. The number of carbonyl (C=O) groups excluding carboxylic acids is 1. The number of rotatable bonds is 7. The van der Waals surface area contributed by atoms with Gasteiger partial charge in [-0.1, -0.05) is 0 Å². The smallest absolute Gasteiger partial charge is 0.224 e. The van der Waals surface area contributed by atoms with E-state index in [4.69, 9.17) is 9.47 Å². The van der Waals surface area contributed by atoms with Gasteiger partial charge in [0.05, 0.1) is 13.7 Å². The minimum absolute atomic E-state index is 0.0149. The second-order valence-electron chi connectivity index (χ2n) is 5.68. The standard InChI is InChI=1S/C17H25NO4/c1-21-16-6-5-15(11-14(16)12-19)18-17(20)4-2-3-13-7-9-22-10-8-13/h5-6,11,13,19H,2-4,7-10,12H2,1H3,(H,18,20). The summed E-state index contributed by atoms with van der Waals surface area (Å²) in [5.74, 6) is 1.34. The normalized spacial score (nSPS) is 15.5. The third-order valence-electron chi connectivity index (χ3n) is 4.09. The van der Waals surface area contributed by atoms with Gasteiger partial charge in [0.25, 0.3) is 0 Å². The second-order valence-corrected chi connectivity index (χ2v) is 5.68. The Morgan fingerprint density at radius 3 is 2.86 bits per heavy atom. The summed E-state index contributed by atoms with van der Waals surface area (Å²) >= 11 is 0. The fraction of sp³-hybridized carbons (Fsp3) is 0.588. The molecule has 1 fully saturated rings. The molecule has 2 N–H and O–H groups in total. The Bertz CT molecular complexity index is 484. The molecule has 22 heavy (non-hydrogen) atoms. The number of aliphatic hydroxyl groups is 1. The quantitative estimate of drug-likeness (QED) is 0.813. The molecule has 122 valence electrons. The first-order chi connectivity index (χ1) is 10.7. The highest BCUT2D eigenvalue weighted by Gasteiger charge is 2.14. The second kappa shape index (κ2) is 8.76. The van der Waals surface area contributed by atoms with Gasteiger partial charge in [0, 0.05) is 30.9 Å². The van der Waals surface area contributed by atoms with Crippen LogP contribution >= 0.6 is 0 Å². The van der Waals surface area contributed by atoms with Crippen molar-refractivity contribution in [3.05, 3.63) is 23.8 Å². The zero-order valence-electron chi connectivity index (χ0n) is 13.1. The average Bonchev–Trinajstić information content (AvgIpc) is 2.55. The number of benzene rings is 1. The number of carbonyl (C=O) groups is 1. The first kappa shape index (κ1) is 16.8. The molecule has 0 aliphatic carbocycles. The van der Waals surface area contributed by atoms with Crippen molar-refractivity contribution in [3.8, 4) is 5.75 Å². The van der Waals surface area contributed by atoms with Gasteiger partial charge in [-0.05, 0) is 49.8 Å². The first-order valence-electron chi connectivity index (χ1n) is 7.88. The van der Waals surface area contributed by atoms with Crippen molar-refractivity contribution in [2.45, 2.75) is 38.7 Å². The van der Waals surface area contributed by atoms with Crippen LogP contribution in [0.2, 0.25) is 0 Å². The maximum absolute atomic E-state index is 12.0. The van der Waals surface area contributed by atoms with Crippen LogP contribution in [0, 0.1) is 5.92 Å². The summed E-state index contributed by atoms with van der Waals surface area (Å²) in [6.45, 7) is 1.59. The summed E-state index contributed by atoms with van der Waals surface area (Å²) in [6.07, 6.45) is 4.73. The molecule has 1 amide bonds. The summed E-state index contributed by atoms with van der Waals surface area (Å²) < 4.78 is 10.5. The fourth-order valence-electron chi connectivity index (χ4n) is 2.79. The predicted molar refractivity (Wildman–Crippen MR) is 84.9 cm³/mol. The molecule has 0 atom stereocenters. The van der Waals surface area contributed by atoms with E-state index in [0.29, 0.717) is 29.3 Å². The molecule has 1 aromatic carbocycles. The number of amides is 1. The molecule has 5 nitrogen and oxygen atoms in total. The SMILES string of the molecule is COc1ccc(NC(=O)CCCC2CCOCC2)cc1CO. The van der Waals surface area contributed by atoms with E-state index in [9.17, 15) is 9.90 Å². The van der Waals surface area contributed by atoms with E-state index < -0.39 is 0 Å². The van der Waals surface area contributed by atoms with Crippen LogP contribution in [0.5, 0.6) is 5.75 Å². The number of aliphatic hydroxyl groups excluding tert-OH is 1. The lowest BCUT2D eigenvalue weighted by atomic mass is 9.94. The zero-order chi connectivity index (χ0) is 15.8. The molecule has 1 heterocycles. The van der Waals surface area contributed by atoms with Crippen molar-refractivity contribution in [1.29, 1.82) is 0 Å². The topological polar surface area (TPSA) is 67.8 Å². The molecule has 1 aliphatic heterocycles. The Labute approximate surface area is 131 Å². The highest BCUT2D eigenvalue weighted by atomic mass is 16.5. The molecule has 0 saturated carbocycles. The monoisotopic (exact) mass is 307 g/mol. The third kappa shape index (κ3) is 5.00. The third-order valence-corrected chi connectivity index (χ3v) is 4.09. The Morgan fingerprint density at radius 2 is 2.18 bits per heavy atom. The largest absolute Gasteiger partial charge is 0.496 e. The number of ether oxygens (including phenoxy) is 2. The van der Waals surface area contributed by atoms with Gasteiger partial charge in [-0.3, -0.25) is 4.79 Å². The lowest BCUT2D eigenvalue weighted by molar-refractivity contribution is -0.116. The minimum Gasteiger partial charge on any atom is -0.496 e. The molecule has 0 unspecified atom stereocenters. The molecule has 1 aromatic rings. The Morgan fingerprint density at radius 1 is 1.41 bits per heavy atom. The maximum atomic E-state index is 12.0. The lowest BCUT2D eigenvalue weighted by Crippen LogP contribution is -2.17. The lowest BCUT2D eigenvalue weighted by Gasteiger charge is -2.21. The van der Waals surface area contributed by atoms with Crippen LogP contribution in [-0.4, -0.2) is 31.3 Å². The molecule has 0 spiro atoms. The summed E-state index contributed by atoms with van der Waals surface area (Å²) in [5.41, 5.74) is 1.36. The summed E-state index contributed by atoms with van der Waals surface area (Å²) in [5, 5.41) is 12.2. The van der Waals surface area contributed by atoms with Gasteiger partial charge in [-0.2, -0.15) is 0 Å². The van der Waals surface area contributed by atoms with Gasteiger partial charge >= 0.3 is 0 Å². The van der Waals surface area contributed by atoms with Crippen LogP contribution in [0.1, 0.15) is 37.7 Å². The molecule has 0 bridgehead atoms. The summed E-state index contributed by atoms with van der Waals surface area (Å²) in [6, 6.07) is 5.28. The van der Waals surface area contributed by atoms with E-state index >= 15 is 0 Å². The van der Waals surface area contributed by atoms with Crippen LogP contribution in [0.15, 0.2) is 18.2 Å². The van der Waals surface area contributed by atoms with Gasteiger partial charge in [-0.15, -0.1) is 0 Å². The molecular formula is C17H25NO4. The van der Waals surface area contributed by atoms with E-state index in [1.54, 1.807) is 25.3 Å². The molecule has 1 aliphatic rings. The van der Waals surface area contributed by atoms with Crippen molar-refractivity contribution in [3.63, 3.8) is 0 Å². The molecule has 2 rings (SSSR count). The van der Waals surface area contributed by atoms with Crippen molar-refractivity contribution < 1.29 is 19.4 Å². The Kier molecular flexibility index (Phi) is 6.68. The number of hydrogen-bond acceptors (Lipinski definition) is 4. The van der Waals surface area contributed by atoms with E-state index in [2.05, 4.69) is 5.32 Å². The number of methoxy groups -OCH3 is 1. The van der Waals surface area contributed by atoms with Crippen molar-refractivity contribution in [2.24, 2.45) is 5.92 Å². The molecule has 0 radical (unpaired) electrons. The van der Waals surface area contributed by atoms with Gasteiger partial charge in [0.15, 0.2) is 0 Å². The highest BCUT2D eigenvalue weighted by Crippen LogP contribution is 2.23. The van der Waals surface area contributed by atoms with Crippen LogP contribution in [-0.2, 0) is 16.1 Å². The highest BCUT2D eigenvalue weighted by molar-refractivity contribution is 5.90. The van der Waals surface area contributed by atoms with Gasteiger partial charge in [0.2, 0.25) is 5.91 Å². The maximum Gasteiger partial charge on any atom is 0.224 e. The Balaban J connectivity index is 1.76. The summed E-state index contributed by atoms with van der Waals surface area (Å²) in [7, 11) is 1.56. The van der Waals surface area contributed by atoms with Gasteiger partial charge < -0.3 is 19.9 Å². The van der Waals surface area contributed by atoms with Crippen molar-refractivity contribution in [1.82, 2.24) is 0 Å². The van der Waals surface area contributed by atoms with Crippen LogP contribution in [0.4, 0.5) is 5.69 Å². The van der Waals surface area contributed by atoms with E-state index in [-0.39, 0.29) is 12.5 Å².